The highest BCUT2D eigenvalue weighted by Gasteiger charge is 2.08. The molecule has 19 heavy (non-hydrogen) atoms. The zero-order chi connectivity index (χ0) is 15.8. The van der Waals surface area contributed by atoms with Gasteiger partial charge in [-0.15, -0.1) is 0 Å². The van der Waals surface area contributed by atoms with Gasteiger partial charge in [-0.1, -0.05) is 0 Å². The Balaban J connectivity index is -0.000000219. The molecule has 0 aromatic rings. The van der Waals surface area contributed by atoms with Crippen molar-refractivity contribution in [3.63, 3.8) is 0 Å². The van der Waals surface area contributed by atoms with Crippen LogP contribution in [-0.4, -0.2) is 58.9 Å². The molecule has 0 amide bonds. The van der Waals surface area contributed by atoms with Crippen LogP contribution in [0.15, 0.2) is 0 Å². The molecular weight excluding hydrogens is 260 g/mol. The second kappa shape index (κ2) is 16.2. The molecule has 0 fully saturated rings. The molecule has 0 rings (SSSR count). The van der Waals surface area contributed by atoms with Gasteiger partial charge in [-0.05, 0) is 19.4 Å². The van der Waals surface area contributed by atoms with Crippen molar-refractivity contribution >= 4 is 17.9 Å². The number of rotatable bonds is 6. The number of hydrogen-bond donors (Lipinski definition) is 7. The second-order valence-electron chi connectivity index (χ2n) is 3.07. The van der Waals surface area contributed by atoms with Gasteiger partial charge in [-0.25, -0.2) is 0 Å². The highest BCUT2D eigenvalue weighted by molar-refractivity contribution is 5.72. The fraction of sp³-hybridized carbons (Fsp3) is 0.667. The van der Waals surface area contributed by atoms with Crippen LogP contribution < -0.4 is 22.9 Å². The maximum Gasteiger partial charge on any atom is 0.320 e. The molecule has 0 saturated carbocycles. The lowest BCUT2D eigenvalue weighted by atomic mass is 10.2. The zero-order valence-electron chi connectivity index (χ0n) is 10.5. The molecule has 0 radical (unpaired) electrons. The molecule has 114 valence electrons. The van der Waals surface area contributed by atoms with Crippen LogP contribution >= 0.6 is 0 Å². The summed E-state index contributed by atoms with van der Waals surface area (Å²) in [6, 6.07) is -0.742. The smallest absolute Gasteiger partial charge is 0.320 e. The van der Waals surface area contributed by atoms with Crippen LogP contribution in [0.25, 0.3) is 0 Å². The van der Waals surface area contributed by atoms with E-state index in [2.05, 4.69) is 11.5 Å². The highest BCUT2D eigenvalue weighted by Crippen LogP contribution is 1.91. The molecule has 10 nitrogen and oxygen atoms in total. The molecule has 0 unspecified atom stereocenters. The van der Waals surface area contributed by atoms with Gasteiger partial charge in [0.25, 0.3) is 0 Å². The number of carboxylic acid groups (broad SMARTS) is 3. The Morgan fingerprint density at radius 3 is 1.37 bits per heavy atom. The van der Waals surface area contributed by atoms with E-state index in [1.54, 1.807) is 0 Å². The number of nitrogens with two attached hydrogens (primary N) is 4. The van der Waals surface area contributed by atoms with Gasteiger partial charge in [-0.3, -0.25) is 14.4 Å². The number of aliphatic carboxylic acids is 3. The summed E-state index contributed by atoms with van der Waals surface area (Å²) >= 11 is 0. The minimum atomic E-state index is -0.968. The van der Waals surface area contributed by atoms with E-state index >= 15 is 0 Å². The van der Waals surface area contributed by atoms with Crippen LogP contribution in [0.2, 0.25) is 0 Å². The third-order valence-corrected chi connectivity index (χ3v) is 1.39. The first-order chi connectivity index (χ1) is 8.72. The van der Waals surface area contributed by atoms with E-state index in [0.717, 1.165) is 0 Å². The van der Waals surface area contributed by atoms with Gasteiger partial charge in [0.05, 0.1) is 13.1 Å². The molecule has 0 aliphatic heterocycles. The predicted molar refractivity (Wildman–Crippen MR) is 67.3 cm³/mol. The lowest BCUT2D eigenvalue weighted by molar-refractivity contribution is -0.139. The van der Waals surface area contributed by atoms with Crippen molar-refractivity contribution in [2.24, 2.45) is 22.9 Å². The average molecular weight is 282 g/mol. The Bertz CT molecular complexity index is 247. The van der Waals surface area contributed by atoms with Crippen LogP contribution in [0.4, 0.5) is 0 Å². The lowest BCUT2D eigenvalue weighted by Gasteiger charge is -2.02. The summed E-state index contributed by atoms with van der Waals surface area (Å²) in [6.45, 7) is -0.0546. The first-order valence-electron chi connectivity index (χ1n) is 5.25. The number of carbonyl (C=O) groups is 3. The molecule has 0 heterocycles. The lowest BCUT2D eigenvalue weighted by Crippen LogP contribution is -2.30. The van der Waals surface area contributed by atoms with Crippen LogP contribution in [0, 0.1) is 0 Å². The van der Waals surface area contributed by atoms with Gasteiger partial charge in [0.1, 0.15) is 6.04 Å². The molecule has 0 spiro atoms. The standard InChI is InChI=1S/C5H12N2O2.2C2H5NO2/c6-3-1-2-4(7)5(8)9;2*3-1-2(4)5/h4H,1-3,6-7H2,(H,8,9);2*1,3H2,(H,4,5)/t4-;;/m0../s1. The second-order valence-corrected chi connectivity index (χ2v) is 3.07. The Labute approximate surface area is 110 Å². The molecule has 0 aromatic heterocycles. The normalized spacial score (nSPS) is 10.1. The Morgan fingerprint density at radius 2 is 1.21 bits per heavy atom. The molecule has 0 aliphatic carbocycles. The predicted octanol–water partition coefficient (Wildman–Crippen LogP) is -2.80. The molecule has 10 heteroatoms. The van der Waals surface area contributed by atoms with Gasteiger partial charge in [-0.2, -0.15) is 0 Å². The maximum absolute atomic E-state index is 10.0. The topological polar surface area (TPSA) is 216 Å². The first kappa shape index (κ1) is 22.4. The zero-order valence-corrected chi connectivity index (χ0v) is 10.5. The van der Waals surface area contributed by atoms with Crippen LogP contribution in [-0.2, 0) is 14.4 Å². The van der Waals surface area contributed by atoms with Crippen molar-refractivity contribution in [1.29, 1.82) is 0 Å². The molecule has 11 N–H and O–H groups in total. The summed E-state index contributed by atoms with van der Waals surface area (Å²) in [6.07, 6.45) is 1.14. The summed E-state index contributed by atoms with van der Waals surface area (Å²) in [5, 5.41) is 23.4. The van der Waals surface area contributed by atoms with Gasteiger partial charge >= 0.3 is 17.9 Å². The Hall–Kier alpha value is -1.75. The van der Waals surface area contributed by atoms with Crippen LogP contribution in [0.5, 0.6) is 0 Å². The molecular formula is C9H22N4O6. The highest BCUT2D eigenvalue weighted by atomic mass is 16.4. The van der Waals surface area contributed by atoms with Crippen LogP contribution in [0.3, 0.4) is 0 Å². The number of carboxylic acids is 3. The average Bonchev–Trinajstić information content (AvgIpc) is 2.36. The third-order valence-electron chi connectivity index (χ3n) is 1.39. The third kappa shape index (κ3) is 31.4. The monoisotopic (exact) mass is 282 g/mol. The van der Waals surface area contributed by atoms with Crippen molar-refractivity contribution < 1.29 is 29.7 Å². The minimum Gasteiger partial charge on any atom is -0.480 e. The molecule has 0 aromatic carbocycles. The van der Waals surface area contributed by atoms with E-state index in [1.807, 2.05) is 0 Å². The Morgan fingerprint density at radius 1 is 0.895 bits per heavy atom. The summed E-state index contributed by atoms with van der Waals surface area (Å²) in [5.41, 5.74) is 19.4. The van der Waals surface area contributed by atoms with Crippen molar-refractivity contribution in [1.82, 2.24) is 0 Å². The van der Waals surface area contributed by atoms with Crippen molar-refractivity contribution in [2.75, 3.05) is 19.6 Å². The van der Waals surface area contributed by atoms with Gasteiger partial charge < -0.3 is 38.3 Å². The van der Waals surface area contributed by atoms with E-state index in [9.17, 15) is 14.4 Å². The number of hydrogen-bond acceptors (Lipinski definition) is 7. The van der Waals surface area contributed by atoms with E-state index in [-0.39, 0.29) is 13.1 Å². The van der Waals surface area contributed by atoms with Gasteiger partial charge in [0.2, 0.25) is 0 Å². The molecule has 0 aliphatic rings. The first-order valence-corrected chi connectivity index (χ1v) is 5.25. The SMILES string of the molecule is NCC(=O)O.NCC(=O)O.NCCC[C@H](N)C(=O)O. The Kier molecular flexibility index (Phi) is 19.2. The van der Waals surface area contributed by atoms with E-state index in [1.165, 1.54) is 0 Å². The van der Waals surface area contributed by atoms with E-state index in [0.29, 0.717) is 19.4 Å². The minimum absolute atomic E-state index is 0.278. The summed E-state index contributed by atoms with van der Waals surface area (Å²) in [7, 11) is 0. The molecule has 0 saturated heterocycles. The van der Waals surface area contributed by atoms with Crippen molar-refractivity contribution in [3.8, 4) is 0 Å². The van der Waals surface area contributed by atoms with Crippen molar-refractivity contribution in [3.05, 3.63) is 0 Å². The molecule has 0 bridgehead atoms. The van der Waals surface area contributed by atoms with E-state index < -0.39 is 23.9 Å². The van der Waals surface area contributed by atoms with E-state index in [4.69, 9.17) is 26.8 Å². The summed E-state index contributed by atoms with van der Waals surface area (Å²) in [5.74, 6) is -2.89. The quantitative estimate of drug-likeness (QED) is 0.265. The fourth-order valence-corrected chi connectivity index (χ4v) is 0.461. The van der Waals surface area contributed by atoms with Crippen LogP contribution in [0.1, 0.15) is 12.8 Å². The fourth-order valence-electron chi connectivity index (χ4n) is 0.461. The summed E-state index contributed by atoms with van der Waals surface area (Å²) < 4.78 is 0. The maximum atomic E-state index is 10.0. The largest absolute Gasteiger partial charge is 0.480 e. The van der Waals surface area contributed by atoms with Gasteiger partial charge in [0.15, 0.2) is 0 Å². The van der Waals surface area contributed by atoms with Gasteiger partial charge in [0, 0.05) is 0 Å². The summed E-state index contributed by atoms with van der Waals surface area (Å²) in [4.78, 5) is 28.5. The molecule has 1 atom stereocenters. The van der Waals surface area contributed by atoms with Crippen molar-refractivity contribution in [2.45, 2.75) is 18.9 Å².